The van der Waals surface area contributed by atoms with Crippen LogP contribution in [-0.4, -0.2) is 74.5 Å². The third-order valence-corrected chi connectivity index (χ3v) is 8.27. The quantitative estimate of drug-likeness (QED) is 0.160. The topological polar surface area (TPSA) is 78.1 Å². The Balaban J connectivity index is 1.41. The Morgan fingerprint density at radius 1 is 0.739 bits per heavy atom. The molecule has 0 radical (unpaired) electrons. The van der Waals surface area contributed by atoms with Crippen LogP contribution in [0, 0.1) is 0 Å². The van der Waals surface area contributed by atoms with Gasteiger partial charge in [-0.05, 0) is 59.9 Å². The number of nitrogens with zero attached hydrogens (tertiary/aromatic N) is 3. The lowest BCUT2D eigenvalue weighted by atomic mass is 10.1. The van der Waals surface area contributed by atoms with Gasteiger partial charge in [0.1, 0.15) is 18.0 Å². The molecule has 0 aliphatic heterocycles. The maximum Gasteiger partial charge on any atom is 0.258 e. The van der Waals surface area contributed by atoms with Crippen LogP contribution in [0.2, 0.25) is 0 Å². The fourth-order valence-electron chi connectivity index (χ4n) is 5.58. The predicted molar refractivity (Wildman–Crippen MR) is 184 cm³/mol. The van der Waals surface area contributed by atoms with Crippen molar-refractivity contribution in [2.45, 2.75) is 19.4 Å². The first kappa shape index (κ1) is 32.2. The van der Waals surface area contributed by atoms with Gasteiger partial charge in [0.05, 0.1) is 19.8 Å². The van der Waals surface area contributed by atoms with Crippen molar-refractivity contribution in [1.82, 2.24) is 14.8 Å². The van der Waals surface area contributed by atoms with Crippen LogP contribution in [0.25, 0.3) is 10.9 Å². The normalized spacial score (nSPS) is 10.9. The SMILES string of the molecule is COc1ccc(C(=O)N(CCc2ccccc2)CC(=O)N(CCc2c[nH]c3ccccc23)Cc2ccc(N(C)C)cc2)c(OC)c1. The number of benzene rings is 4. The first-order valence-corrected chi connectivity index (χ1v) is 15.5. The number of amides is 2. The van der Waals surface area contributed by atoms with Gasteiger partial charge in [-0.1, -0.05) is 60.7 Å². The Kier molecular flexibility index (Phi) is 10.6. The molecular weight excluding hydrogens is 576 g/mol. The van der Waals surface area contributed by atoms with E-state index in [0.717, 1.165) is 33.3 Å². The summed E-state index contributed by atoms with van der Waals surface area (Å²) in [5, 5.41) is 1.15. The Labute approximate surface area is 271 Å². The Morgan fingerprint density at radius 2 is 1.46 bits per heavy atom. The van der Waals surface area contributed by atoms with Crippen molar-refractivity contribution in [3.8, 4) is 11.5 Å². The maximum absolute atomic E-state index is 14.2. The molecule has 2 amide bonds. The molecule has 0 fully saturated rings. The van der Waals surface area contributed by atoms with E-state index >= 15 is 0 Å². The number of methoxy groups -OCH3 is 2. The highest BCUT2D eigenvalue weighted by Crippen LogP contribution is 2.26. The number of anilines is 1. The van der Waals surface area contributed by atoms with Gasteiger partial charge in [-0.3, -0.25) is 9.59 Å². The summed E-state index contributed by atoms with van der Waals surface area (Å²) in [7, 11) is 7.11. The number of hydrogen-bond donors (Lipinski definition) is 1. The molecular formula is C38H42N4O4. The number of hydrogen-bond acceptors (Lipinski definition) is 5. The number of fused-ring (bicyclic) bond motifs is 1. The fourth-order valence-corrected chi connectivity index (χ4v) is 5.58. The summed E-state index contributed by atoms with van der Waals surface area (Å²) in [6.07, 6.45) is 3.31. The van der Waals surface area contributed by atoms with Crippen molar-refractivity contribution in [2.75, 3.05) is 52.8 Å². The molecule has 0 unspecified atom stereocenters. The first-order valence-electron chi connectivity index (χ1n) is 15.5. The average molecular weight is 619 g/mol. The number of ether oxygens (including phenoxy) is 2. The van der Waals surface area contributed by atoms with Crippen LogP contribution in [0.5, 0.6) is 11.5 Å². The lowest BCUT2D eigenvalue weighted by Gasteiger charge is -2.28. The second-order valence-electron chi connectivity index (χ2n) is 11.5. The number of aromatic nitrogens is 1. The van der Waals surface area contributed by atoms with E-state index in [-0.39, 0.29) is 18.4 Å². The molecule has 1 aromatic heterocycles. The van der Waals surface area contributed by atoms with Gasteiger partial charge in [-0.15, -0.1) is 0 Å². The third kappa shape index (κ3) is 7.88. The highest BCUT2D eigenvalue weighted by molar-refractivity contribution is 5.99. The van der Waals surface area contributed by atoms with Crippen LogP contribution in [0.15, 0.2) is 103 Å². The summed E-state index contributed by atoms with van der Waals surface area (Å²) in [6.45, 7) is 1.24. The van der Waals surface area contributed by atoms with Crippen LogP contribution in [-0.2, 0) is 24.2 Å². The summed E-state index contributed by atoms with van der Waals surface area (Å²) in [4.78, 5) is 37.2. The Morgan fingerprint density at radius 3 is 2.17 bits per heavy atom. The number of nitrogens with one attached hydrogen (secondary N) is 1. The van der Waals surface area contributed by atoms with Crippen molar-refractivity contribution in [3.63, 3.8) is 0 Å². The van der Waals surface area contributed by atoms with Gasteiger partial charge in [0.15, 0.2) is 0 Å². The monoisotopic (exact) mass is 618 g/mol. The van der Waals surface area contributed by atoms with Crippen LogP contribution in [0.4, 0.5) is 5.69 Å². The number of H-pyrrole nitrogens is 1. The number of carbonyl (C=O) groups is 2. The highest BCUT2D eigenvalue weighted by atomic mass is 16.5. The largest absolute Gasteiger partial charge is 0.497 e. The second-order valence-corrected chi connectivity index (χ2v) is 11.5. The molecule has 8 nitrogen and oxygen atoms in total. The minimum Gasteiger partial charge on any atom is -0.497 e. The van der Waals surface area contributed by atoms with E-state index in [9.17, 15) is 9.59 Å². The van der Waals surface area contributed by atoms with E-state index in [4.69, 9.17) is 9.47 Å². The first-order chi connectivity index (χ1) is 22.4. The molecule has 238 valence electrons. The van der Waals surface area contributed by atoms with Crippen molar-refractivity contribution in [2.24, 2.45) is 0 Å². The molecule has 0 saturated heterocycles. The molecule has 0 aliphatic carbocycles. The molecule has 0 saturated carbocycles. The Hall–Kier alpha value is -5.24. The van der Waals surface area contributed by atoms with Crippen molar-refractivity contribution in [3.05, 3.63) is 126 Å². The summed E-state index contributed by atoms with van der Waals surface area (Å²) < 4.78 is 10.9. The standard InChI is InChI=1S/C38H42N4O4/c1-40(2)31-16-14-29(15-17-31)26-41(23-21-30-25-39-35-13-9-8-12-33(30)35)37(43)27-42(22-20-28-10-6-5-7-11-28)38(44)34-19-18-32(45-3)24-36(34)46-4/h5-19,24-25,39H,20-23,26-27H2,1-4H3. The minimum absolute atomic E-state index is 0.0650. The molecule has 0 atom stereocenters. The van der Waals surface area contributed by atoms with Crippen molar-refractivity contribution >= 4 is 28.4 Å². The van der Waals surface area contributed by atoms with Gasteiger partial charge >= 0.3 is 0 Å². The van der Waals surface area contributed by atoms with Crippen LogP contribution >= 0.6 is 0 Å². The van der Waals surface area contributed by atoms with Gasteiger partial charge in [0.25, 0.3) is 5.91 Å². The average Bonchev–Trinajstić information content (AvgIpc) is 3.51. The lowest BCUT2D eigenvalue weighted by Crippen LogP contribution is -2.44. The van der Waals surface area contributed by atoms with Crippen molar-refractivity contribution in [1.29, 1.82) is 0 Å². The third-order valence-electron chi connectivity index (χ3n) is 8.27. The van der Waals surface area contributed by atoms with E-state index in [2.05, 4.69) is 41.4 Å². The highest BCUT2D eigenvalue weighted by Gasteiger charge is 2.25. The number of para-hydroxylation sites is 1. The molecule has 0 aliphatic rings. The van der Waals surface area contributed by atoms with Crippen LogP contribution < -0.4 is 14.4 Å². The molecule has 5 aromatic rings. The minimum atomic E-state index is -0.268. The zero-order chi connectivity index (χ0) is 32.5. The molecule has 8 heteroatoms. The summed E-state index contributed by atoms with van der Waals surface area (Å²) in [5.41, 5.74) is 5.81. The molecule has 1 N–H and O–H groups in total. The molecule has 1 heterocycles. The smallest absolute Gasteiger partial charge is 0.258 e. The van der Waals surface area contributed by atoms with Gasteiger partial charge in [-0.2, -0.15) is 0 Å². The molecule has 46 heavy (non-hydrogen) atoms. The molecule has 0 bridgehead atoms. The van der Waals surface area contributed by atoms with Crippen LogP contribution in [0.3, 0.4) is 0 Å². The van der Waals surface area contributed by atoms with Crippen LogP contribution in [0.1, 0.15) is 27.0 Å². The van der Waals surface area contributed by atoms with Gasteiger partial charge < -0.3 is 29.2 Å². The molecule has 0 spiro atoms. The van der Waals surface area contributed by atoms with E-state index in [0.29, 0.717) is 49.5 Å². The summed E-state index contributed by atoms with van der Waals surface area (Å²) in [5.74, 6) is 0.601. The molecule has 4 aromatic carbocycles. The van der Waals surface area contributed by atoms with E-state index in [1.165, 1.54) is 7.11 Å². The van der Waals surface area contributed by atoms with E-state index < -0.39 is 0 Å². The predicted octanol–water partition coefficient (Wildman–Crippen LogP) is 6.21. The number of aromatic amines is 1. The number of rotatable bonds is 14. The van der Waals surface area contributed by atoms with E-state index in [1.54, 1.807) is 30.2 Å². The lowest BCUT2D eigenvalue weighted by molar-refractivity contribution is -0.132. The Bertz CT molecular complexity index is 1750. The van der Waals surface area contributed by atoms with Gasteiger partial charge in [0.2, 0.25) is 5.91 Å². The second kappa shape index (κ2) is 15.2. The van der Waals surface area contributed by atoms with Gasteiger partial charge in [-0.25, -0.2) is 0 Å². The molecule has 5 rings (SSSR count). The summed E-state index contributed by atoms with van der Waals surface area (Å²) in [6, 6.07) is 31.5. The van der Waals surface area contributed by atoms with E-state index in [1.807, 2.05) is 72.6 Å². The fraction of sp³-hybridized carbons (Fsp3) is 0.263. The van der Waals surface area contributed by atoms with Gasteiger partial charge in [0, 0.05) is 62.6 Å². The maximum atomic E-state index is 14.2. The zero-order valence-corrected chi connectivity index (χ0v) is 27.0. The summed E-state index contributed by atoms with van der Waals surface area (Å²) >= 11 is 0. The number of carbonyl (C=O) groups excluding carboxylic acids is 2. The van der Waals surface area contributed by atoms with Crippen molar-refractivity contribution < 1.29 is 19.1 Å². The zero-order valence-electron chi connectivity index (χ0n) is 27.0.